The molecule has 0 heterocycles. The average Bonchev–Trinajstić information content (AvgIpc) is 2.48. The summed E-state index contributed by atoms with van der Waals surface area (Å²) in [6.45, 7) is 3.12. The van der Waals surface area contributed by atoms with Crippen LogP contribution < -0.4 is 0 Å². The van der Waals surface area contributed by atoms with Crippen LogP contribution in [-0.4, -0.2) is 46.2 Å². The molecule has 1 aliphatic rings. The van der Waals surface area contributed by atoms with Gasteiger partial charge in [-0.2, -0.15) is 0 Å². The molecule has 0 aromatic heterocycles. The lowest BCUT2D eigenvalue weighted by molar-refractivity contribution is -0.161. The van der Waals surface area contributed by atoms with Gasteiger partial charge in [0.05, 0.1) is 13.2 Å². The molecular weight excluding hydrogens is 176 g/mol. The number of hydrogen-bond acceptors (Lipinski definition) is 5. The largest absolute Gasteiger partial charge is 0.467 e. The van der Waals surface area contributed by atoms with Crippen molar-refractivity contribution in [1.82, 2.24) is 0 Å². The Bertz CT molecular complexity index is 237. The molecule has 0 bridgehead atoms. The molecule has 0 radical (unpaired) electrons. The van der Waals surface area contributed by atoms with Crippen LogP contribution in [0.4, 0.5) is 0 Å². The molecule has 0 aliphatic heterocycles. The first-order valence-electron chi connectivity index (χ1n) is 3.96. The molecule has 1 rings (SSSR count). The van der Waals surface area contributed by atoms with Crippen molar-refractivity contribution in [3.8, 4) is 0 Å². The lowest BCUT2D eigenvalue weighted by Crippen LogP contribution is -2.41. The molecule has 76 valence electrons. The normalized spacial score (nSPS) is 38.2. The Kier molecular flexibility index (Phi) is 2.14. The summed E-state index contributed by atoms with van der Waals surface area (Å²) in [5.74, 6) is -0.938. The predicted octanol–water partition coefficient (Wildman–Crippen LogP) is -1.35. The number of hydrogen-bond donors (Lipinski definition) is 3. The highest BCUT2D eigenvalue weighted by atomic mass is 16.5. The number of rotatable bonds is 2. The molecule has 5 nitrogen and oxygen atoms in total. The van der Waals surface area contributed by atoms with Crippen molar-refractivity contribution < 1.29 is 24.9 Å². The van der Waals surface area contributed by atoms with E-state index in [1.54, 1.807) is 13.8 Å². The predicted molar refractivity (Wildman–Crippen MR) is 42.8 cm³/mol. The van der Waals surface area contributed by atoms with Gasteiger partial charge in [-0.1, -0.05) is 13.8 Å². The Morgan fingerprint density at radius 2 is 1.92 bits per heavy atom. The standard InChI is InChI=1S/C8H14O5/c1-7(2)6(11)8(7,12)4(9)5(10)13-3/h4,6,9,11-12H,1-3H3/t4-,6?,8+/m0/s1. The molecule has 3 atom stereocenters. The SMILES string of the molecule is COC(=O)[C@H](O)[C@@]1(O)C(O)C1(C)C. The molecule has 3 N–H and O–H groups in total. The number of carbonyl (C=O) groups is 1. The minimum Gasteiger partial charge on any atom is -0.467 e. The van der Waals surface area contributed by atoms with Gasteiger partial charge in [-0.05, 0) is 0 Å². The van der Waals surface area contributed by atoms with E-state index in [9.17, 15) is 20.1 Å². The number of methoxy groups -OCH3 is 1. The summed E-state index contributed by atoms with van der Waals surface area (Å²) < 4.78 is 4.26. The van der Waals surface area contributed by atoms with Crippen molar-refractivity contribution in [2.24, 2.45) is 5.41 Å². The maximum Gasteiger partial charge on any atom is 0.337 e. The van der Waals surface area contributed by atoms with Crippen LogP contribution >= 0.6 is 0 Å². The Hall–Kier alpha value is -0.650. The zero-order valence-electron chi connectivity index (χ0n) is 7.81. The van der Waals surface area contributed by atoms with Gasteiger partial charge < -0.3 is 20.1 Å². The molecule has 13 heavy (non-hydrogen) atoms. The Balaban J connectivity index is 2.80. The first kappa shape index (κ1) is 10.4. The number of aliphatic hydroxyl groups excluding tert-OH is 2. The average molecular weight is 190 g/mol. The van der Waals surface area contributed by atoms with Gasteiger partial charge in [0.1, 0.15) is 5.60 Å². The van der Waals surface area contributed by atoms with Gasteiger partial charge >= 0.3 is 5.97 Å². The molecule has 0 aromatic rings. The van der Waals surface area contributed by atoms with E-state index in [0.717, 1.165) is 7.11 Å². The fourth-order valence-corrected chi connectivity index (χ4v) is 1.54. The number of aliphatic hydroxyl groups is 3. The van der Waals surface area contributed by atoms with Crippen LogP contribution in [0.2, 0.25) is 0 Å². The summed E-state index contributed by atoms with van der Waals surface area (Å²) in [5.41, 5.74) is -2.65. The minimum atomic E-state index is -1.78. The fraction of sp³-hybridized carbons (Fsp3) is 0.875. The summed E-state index contributed by atoms with van der Waals surface area (Å²) in [4.78, 5) is 10.9. The van der Waals surface area contributed by atoms with E-state index in [4.69, 9.17) is 0 Å². The second-order valence-electron chi connectivity index (χ2n) is 3.88. The maximum atomic E-state index is 10.9. The summed E-state index contributed by atoms with van der Waals surface area (Å²) in [6, 6.07) is 0. The highest BCUT2D eigenvalue weighted by Gasteiger charge is 2.76. The molecule has 1 aliphatic carbocycles. The van der Waals surface area contributed by atoms with Crippen molar-refractivity contribution in [2.75, 3.05) is 7.11 Å². The molecular formula is C8H14O5. The monoisotopic (exact) mass is 190 g/mol. The third kappa shape index (κ3) is 1.08. The van der Waals surface area contributed by atoms with E-state index in [0.29, 0.717) is 0 Å². The van der Waals surface area contributed by atoms with Crippen LogP contribution in [0.15, 0.2) is 0 Å². The van der Waals surface area contributed by atoms with Crippen molar-refractivity contribution in [1.29, 1.82) is 0 Å². The van der Waals surface area contributed by atoms with Crippen LogP contribution in [0, 0.1) is 5.41 Å². The van der Waals surface area contributed by atoms with Crippen LogP contribution in [0.5, 0.6) is 0 Å². The second kappa shape index (κ2) is 2.67. The summed E-state index contributed by atoms with van der Waals surface area (Å²) in [5, 5.41) is 28.3. The van der Waals surface area contributed by atoms with Crippen LogP contribution in [-0.2, 0) is 9.53 Å². The van der Waals surface area contributed by atoms with Crippen LogP contribution in [0.1, 0.15) is 13.8 Å². The smallest absolute Gasteiger partial charge is 0.337 e. The number of esters is 1. The Morgan fingerprint density at radius 1 is 1.54 bits per heavy atom. The molecule has 1 unspecified atom stereocenters. The second-order valence-corrected chi connectivity index (χ2v) is 3.88. The molecule has 0 spiro atoms. The lowest BCUT2D eigenvalue weighted by Gasteiger charge is -2.17. The fourth-order valence-electron chi connectivity index (χ4n) is 1.54. The first-order chi connectivity index (χ1) is 5.80. The van der Waals surface area contributed by atoms with E-state index < -0.39 is 29.2 Å². The third-order valence-electron chi connectivity index (χ3n) is 2.89. The molecule has 1 saturated carbocycles. The molecule has 5 heteroatoms. The first-order valence-corrected chi connectivity index (χ1v) is 3.96. The van der Waals surface area contributed by atoms with Gasteiger partial charge in [-0.25, -0.2) is 4.79 Å². The van der Waals surface area contributed by atoms with Crippen molar-refractivity contribution >= 4 is 5.97 Å². The highest BCUT2D eigenvalue weighted by Crippen LogP contribution is 2.57. The molecule has 0 amide bonds. The van der Waals surface area contributed by atoms with Crippen LogP contribution in [0.3, 0.4) is 0 Å². The van der Waals surface area contributed by atoms with E-state index in [2.05, 4.69) is 4.74 Å². The minimum absolute atomic E-state index is 0.874. The van der Waals surface area contributed by atoms with Crippen molar-refractivity contribution in [3.63, 3.8) is 0 Å². The highest BCUT2D eigenvalue weighted by molar-refractivity contribution is 5.77. The number of ether oxygens (including phenoxy) is 1. The maximum absolute atomic E-state index is 10.9. The van der Waals surface area contributed by atoms with Gasteiger partial charge in [0.25, 0.3) is 0 Å². The number of carbonyl (C=O) groups excluding carboxylic acids is 1. The lowest BCUT2D eigenvalue weighted by atomic mass is 10.0. The van der Waals surface area contributed by atoms with Crippen LogP contribution in [0.25, 0.3) is 0 Å². The van der Waals surface area contributed by atoms with E-state index in [1.165, 1.54) is 0 Å². The molecule has 0 aromatic carbocycles. The van der Waals surface area contributed by atoms with Gasteiger partial charge in [0, 0.05) is 5.41 Å². The quantitative estimate of drug-likeness (QED) is 0.469. The van der Waals surface area contributed by atoms with Gasteiger partial charge in [-0.3, -0.25) is 0 Å². The van der Waals surface area contributed by atoms with Gasteiger partial charge in [0.2, 0.25) is 0 Å². The van der Waals surface area contributed by atoms with Crippen molar-refractivity contribution in [3.05, 3.63) is 0 Å². The van der Waals surface area contributed by atoms with Gasteiger partial charge in [-0.15, -0.1) is 0 Å². The van der Waals surface area contributed by atoms with Gasteiger partial charge in [0.15, 0.2) is 6.10 Å². The van der Waals surface area contributed by atoms with E-state index in [1.807, 2.05) is 0 Å². The van der Waals surface area contributed by atoms with E-state index >= 15 is 0 Å². The molecule has 0 saturated heterocycles. The molecule has 1 fully saturated rings. The summed E-state index contributed by atoms with van der Waals surface area (Å²) >= 11 is 0. The zero-order chi connectivity index (χ0) is 10.4. The summed E-state index contributed by atoms with van der Waals surface area (Å²) in [7, 11) is 1.11. The Labute approximate surface area is 75.9 Å². The summed E-state index contributed by atoms with van der Waals surface area (Å²) in [6.07, 6.45) is -2.79. The zero-order valence-corrected chi connectivity index (χ0v) is 7.81. The Morgan fingerprint density at radius 3 is 2.15 bits per heavy atom. The van der Waals surface area contributed by atoms with Crippen molar-refractivity contribution in [2.45, 2.75) is 31.7 Å². The topological polar surface area (TPSA) is 87.0 Å². The third-order valence-corrected chi connectivity index (χ3v) is 2.89. The van der Waals surface area contributed by atoms with E-state index in [-0.39, 0.29) is 0 Å².